The van der Waals surface area contributed by atoms with Crippen LogP contribution in [0.1, 0.15) is 24.3 Å². The summed E-state index contributed by atoms with van der Waals surface area (Å²) in [4.78, 5) is 4.98. The topological polar surface area (TPSA) is 32.5 Å². The van der Waals surface area contributed by atoms with Crippen molar-refractivity contribution in [2.24, 2.45) is 0 Å². The van der Waals surface area contributed by atoms with Crippen LogP contribution in [0.2, 0.25) is 0 Å². The first-order valence-corrected chi connectivity index (χ1v) is 6.08. The molecular formula is C12H19N3O. The number of piperazine rings is 1. The highest BCUT2D eigenvalue weighted by Crippen LogP contribution is 2.50. The largest absolute Gasteiger partial charge is 0.361 e. The van der Waals surface area contributed by atoms with E-state index in [1.807, 2.05) is 6.92 Å². The molecule has 0 amide bonds. The monoisotopic (exact) mass is 221 g/mol. The Kier molecular flexibility index (Phi) is 2.30. The highest BCUT2D eigenvalue weighted by Gasteiger charge is 2.51. The third-order valence-electron chi connectivity index (χ3n) is 3.94. The van der Waals surface area contributed by atoms with Gasteiger partial charge in [0.15, 0.2) is 0 Å². The molecule has 2 fully saturated rings. The fourth-order valence-corrected chi connectivity index (χ4v) is 2.67. The van der Waals surface area contributed by atoms with Crippen molar-refractivity contribution in [2.75, 3.05) is 33.2 Å². The lowest BCUT2D eigenvalue weighted by molar-refractivity contribution is 0.0935. The van der Waals surface area contributed by atoms with Gasteiger partial charge >= 0.3 is 0 Å². The van der Waals surface area contributed by atoms with Gasteiger partial charge in [0, 0.05) is 32.2 Å². The zero-order chi connectivity index (χ0) is 11.2. The second-order valence-electron chi connectivity index (χ2n) is 5.14. The number of rotatable bonds is 2. The summed E-state index contributed by atoms with van der Waals surface area (Å²) < 4.78 is 5.22. The summed E-state index contributed by atoms with van der Waals surface area (Å²) in [6.07, 6.45) is 2.48. The number of likely N-dealkylation sites (N-methyl/N-ethyl adjacent to an activating group) is 1. The molecule has 1 saturated carbocycles. The standard InChI is InChI=1S/C12H19N3O/c1-10-9-11(13-16-10)12(3-4-12)15-7-5-14(2)6-8-15/h9H,3-8H2,1-2H3. The Morgan fingerprint density at radius 3 is 2.44 bits per heavy atom. The van der Waals surface area contributed by atoms with Crippen molar-refractivity contribution in [3.05, 3.63) is 17.5 Å². The van der Waals surface area contributed by atoms with E-state index in [0.717, 1.165) is 24.5 Å². The molecular weight excluding hydrogens is 202 g/mol. The fourth-order valence-electron chi connectivity index (χ4n) is 2.67. The summed E-state index contributed by atoms with van der Waals surface area (Å²) in [6.45, 7) is 6.61. The molecule has 0 spiro atoms. The van der Waals surface area contributed by atoms with Crippen LogP contribution in [0.5, 0.6) is 0 Å². The lowest BCUT2D eigenvalue weighted by Crippen LogP contribution is -2.49. The zero-order valence-corrected chi connectivity index (χ0v) is 10.1. The average Bonchev–Trinajstić information content (AvgIpc) is 2.97. The molecule has 1 saturated heterocycles. The van der Waals surface area contributed by atoms with Gasteiger partial charge in [0.1, 0.15) is 11.5 Å². The quantitative estimate of drug-likeness (QED) is 0.751. The van der Waals surface area contributed by atoms with Crippen molar-refractivity contribution in [3.63, 3.8) is 0 Å². The van der Waals surface area contributed by atoms with Gasteiger partial charge in [0.25, 0.3) is 0 Å². The van der Waals surface area contributed by atoms with Gasteiger partial charge in [-0.15, -0.1) is 0 Å². The molecule has 0 bridgehead atoms. The molecule has 1 aromatic rings. The van der Waals surface area contributed by atoms with Crippen LogP contribution in [0.25, 0.3) is 0 Å². The molecule has 16 heavy (non-hydrogen) atoms. The van der Waals surface area contributed by atoms with Crippen LogP contribution in [0.3, 0.4) is 0 Å². The summed E-state index contributed by atoms with van der Waals surface area (Å²) in [5.74, 6) is 0.926. The SMILES string of the molecule is Cc1cc(C2(N3CCN(C)CC3)CC2)no1. The summed E-state index contributed by atoms with van der Waals surface area (Å²) in [5, 5.41) is 4.21. The predicted octanol–water partition coefficient (Wildman–Crippen LogP) is 1.22. The molecule has 0 N–H and O–H groups in total. The molecule has 0 unspecified atom stereocenters. The molecule has 4 heteroatoms. The molecule has 0 atom stereocenters. The maximum Gasteiger partial charge on any atom is 0.134 e. The van der Waals surface area contributed by atoms with E-state index in [1.165, 1.54) is 25.9 Å². The van der Waals surface area contributed by atoms with Crippen molar-refractivity contribution in [1.82, 2.24) is 15.0 Å². The van der Waals surface area contributed by atoms with Crippen LogP contribution < -0.4 is 0 Å². The zero-order valence-electron chi connectivity index (χ0n) is 10.1. The Labute approximate surface area is 96.2 Å². The molecule has 3 rings (SSSR count). The van der Waals surface area contributed by atoms with Crippen molar-refractivity contribution in [1.29, 1.82) is 0 Å². The van der Waals surface area contributed by atoms with Crippen LogP contribution in [0.15, 0.2) is 10.6 Å². The Morgan fingerprint density at radius 1 is 1.25 bits per heavy atom. The summed E-state index contributed by atoms with van der Waals surface area (Å²) in [5.41, 5.74) is 1.37. The third kappa shape index (κ3) is 1.57. The minimum atomic E-state index is 0.221. The van der Waals surface area contributed by atoms with E-state index in [1.54, 1.807) is 0 Å². The van der Waals surface area contributed by atoms with E-state index >= 15 is 0 Å². The van der Waals surface area contributed by atoms with Gasteiger partial charge in [-0.3, -0.25) is 4.90 Å². The highest BCUT2D eigenvalue weighted by molar-refractivity contribution is 5.23. The first-order chi connectivity index (χ1) is 7.71. The second-order valence-corrected chi connectivity index (χ2v) is 5.14. The average molecular weight is 221 g/mol. The molecule has 1 aliphatic heterocycles. The molecule has 4 nitrogen and oxygen atoms in total. The number of nitrogens with zero attached hydrogens (tertiary/aromatic N) is 3. The molecule has 1 aliphatic carbocycles. The number of aromatic nitrogens is 1. The molecule has 1 aromatic heterocycles. The Morgan fingerprint density at radius 2 is 1.94 bits per heavy atom. The first-order valence-electron chi connectivity index (χ1n) is 6.08. The maximum absolute atomic E-state index is 5.22. The fraction of sp³-hybridized carbons (Fsp3) is 0.750. The molecule has 88 valence electrons. The third-order valence-corrected chi connectivity index (χ3v) is 3.94. The number of hydrogen-bond donors (Lipinski definition) is 0. The van der Waals surface area contributed by atoms with Crippen LogP contribution in [-0.4, -0.2) is 48.2 Å². The Hall–Kier alpha value is -0.870. The second kappa shape index (κ2) is 3.57. The lowest BCUT2D eigenvalue weighted by atomic mass is 10.1. The van der Waals surface area contributed by atoms with Gasteiger partial charge in [-0.1, -0.05) is 5.16 Å². The molecule has 0 aromatic carbocycles. The summed E-state index contributed by atoms with van der Waals surface area (Å²) >= 11 is 0. The smallest absolute Gasteiger partial charge is 0.134 e. The van der Waals surface area contributed by atoms with Crippen LogP contribution >= 0.6 is 0 Å². The van der Waals surface area contributed by atoms with Crippen molar-refractivity contribution in [2.45, 2.75) is 25.3 Å². The molecule has 2 heterocycles. The Bertz CT molecular complexity index is 375. The minimum Gasteiger partial charge on any atom is -0.361 e. The normalized spacial score (nSPS) is 25.9. The highest BCUT2D eigenvalue weighted by atomic mass is 16.5. The van der Waals surface area contributed by atoms with Crippen LogP contribution in [-0.2, 0) is 5.54 Å². The van der Waals surface area contributed by atoms with Crippen molar-refractivity contribution < 1.29 is 4.52 Å². The van der Waals surface area contributed by atoms with Crippen LogP contribution in [0, 0.1) is 6.92 Å². The van der Waals surface area contributed by atoms with Gasteiger partial charge in [0.05, 0.1) is 5.54 Å². The van der Waals surface area contributed by atoms with E-state index in [4.69, 9.17) is 4.52 Å². The van der Waals surface area contributed by atoms with Gasteiger partial charge in [-0.05, 0) is 26.8 Å². The Balaban J connectivity index is 1.78. The van der Waals surface area contributed by atoms with Crippen molar-refractivity contribution >= 4 is 0 Å². The van der Waals surface area contributed by atoms with Gasteiger partial charge < -0.3 is 9.42 Å². The van der Waals surface area contributed by atoms with Crippen molar-refractivity contribution in [3.8, 4) is 0 Å². The van der Waals surface area contributed by atoms with Gasteiger partial charge in [-0.25, -0.2) is 0 Å². The lowest BCUT2D eigenvalue weighted by Gasteiger charge is -2.37. The van der Waals surface area contributed by atoms with Crippen LogP contribution in [0.4, 0.5) is 0 Å². The summed E-state index contributed by atoms with van der Waals surface area (Å²) in [6, 6.07) is 2.10. The van der Waals surface area contributed by atoms with E-state index in [-0.39, 0.29) is 5.54 Å². The predicted molar refractivity (Wildman–Crippen MR) is 61.2 cm³/mol. The first kappa shape index (κ1) is 10.3. The van der Waals surface area contributed by atoms with Gasteiger partial charge in [0.2, 0.25) is 0 Å². The van der Waals surface area contributed by atoms with Gasteiger partial charge in [-0.2, -0.15) is 0 Å². The van der Waals surface area contributed by atoms with E-state index in [2.05, 4.69) is 28.1 Å². The van der Waals surface area contributed by atoms with E-state index in [9.17, 15) is 0 Å². The summed E-state index contributed by atoms with van der Waals surface area (Å²) in [7, 11) is 2.19. The minimum absolute atomic E-state index is 0.221. The van der Waals surface area contributed by atoms with E-state index < -0.39 is 0 Å². The number of hydrogen-bond acceptors (Lipinski definition) is 4. The molecule has 2 aliphatic rings. The molecule has 0 radical (unpaired) electrons. The number of aryl methyl sites for hydroxylation is 1. The van der Waals surface area contributed by atoms with E-state index in [0.29, 0.717) is 0 Å². The maximum atomic E-state index is 5.22.